The first-order valence-corrected chi connectivity index (χ1v) is 6.95. The second kappa shape index (κ2) is 3.43. The van der Waals surface area contributed by atoms with E-state index in [1.165, 1.54) is 12.8 Å². The van der Waals surface area contributed by atoms with Crippen LogP contribution in [0.5, 0.6) is 0 Å². The second-order valence-electron chi connectivity index (χ2n) is 5.48. The van der Waals surface area contributed by atoms with Gasteiger partial charge in [-0.25, -0.2) is 5.14 Å². The maximum atomic E-state index is 10.7. The Hall–Kier alpha value is -0.130. The van der Waals surface area contributed by atoms with Crippen LogP contribution in [0.2, 0.25) is 0 Å². The zero-order valence-corrected chi connectivity index (χ0v) is 10.1. The van der Waals surface area contributed by atoms with Crippen molar-refractivity contribution in [1.82, 2.24) is 0 Å². The third kappa shape index (κ3) is 2.05. The van der Waals surface area contributed by atoms with Crippen LogP contribution in [0.3, 0.4) is 0 Å². The lowest BCUT2D eigenvalue weighted by Gasteiger charge is -2.60. The first kappa shape index (κ1) is 11.4. The Labute approximate surface area is 91.4 Å². The quantitative estimate of drug-likeness (QED) is 0.798. The molecule has 5 heteroatoms. The molecule has 0 amide bonds. The minimum atomic E-state index is -3.77. The summed E-state index contributed by atoms with van der Waals surface area (Å²) in [5.74, 6) is 1.80. The summed E-state index contributed by atoms with van der Waals surface area (Å²) in [6, 6.07) is 0. The molecule has 3 aliphatic rings. The van der Waals surface area contributed by atoms with Crippen LogP contribution in [0.1, 0.15) is 33.1 Å². The van der Waals surface area contributed by atoms with E-state index in [0.29, 0.717) is 17.3 Å². The van der Waals surface area contributed by atoms with Crippen LogP contribution in [0, 0.1) is 23.2 Å². The van der Waals surface area contributed by atoms with Gasteiger partial charge in [0.15, 0.2) is 0 Å². The molecule has 15 heavy (non-hydrogen) atoms. The summed E-state index contributed by atoms with van der Waals surface area (Å²) in [6.07, 6.45) is 3.50. The van der Waals surface area contributed by atoms with Gasteiger partial charge in [-0.1, -0.05) is 13.8 Å². The van der Waals surface area contributed by atoms with Gasteiger partial charge in [0.1, 0.15) is 0 Å². The van der Waals surface area contributed by atoms with Gasteiger partial charge in [-0.15, -0.1) is 0 Å². The molecule has 0 aromatic heterocycles. The normalized spacial score (nSPS) is 38.5. The highest BCUT2D eigenvalue weighted by Gasteiger charge is 2.54. The summed E-state index contributed by atoms with van der Waals surface area (Å²) in [6.45, 7) is 4.81. The fourth-order valence-electron chi connectivity index (χ4n) is 3.34. The van der Waals surface area contributed by atoms with Crippen LogP contribution in [-0.4, -0.2) is 15.0 Å². The minimum Gasteiger partial charge on any atom is -0.258 e. The topological polar surface area (TPSA) is 69.4 Å². The van der Waals surface area contributed by atoms with Crippen molar-refractivity contribution in [3.8, 4) is 0 Å². The molecule has 0 aromatic rings. The molecule has 0 aromatic carbocycles. The van der Waals surface area contributed by atoms with E-state index in [4.69, 9.17) is 9.32 Å². The van der Waals surface area contributed by atoms with Crippen LogP contribution in [-0.2, 0) is 14.5 Å². The van der Waals surface area contributed by atoms with Crippen molar-refractivity contribution >= 4 is 10.3 Å². The number of nitrogens with two attached hydrogens (primary N) is 1. The van der Waals surface area contributed by atoms with Crippen molar-refractivity contribution in [3.63, 3.8) is 0 Å². The van der Waals surface area contributed by atoms with Crippen molar-refractivity contribution in [1.29, 1.82) is 0 Å². The highest BCUT2D eigenvalue weighted by Crippen LogP contribution is 2.61. The summed E-state index contributed by atoms with van der Waals surface area (Å²) in [4.78, 5) is 0. The lowest BCUT2D eigenvalue weighted by Crippen LogP contribution is -2.53. The molecule has 2 bridgehead atoms. The summed E-state index contributed by atoms with van der Waals surface area (Å²) < 4.78 is 26.1. The molecular weight excluding hydrogens is 214 g/mol. The Morgan fingerprint density at radius 3 is 2.53 bits per heavy atom. The van der Waals surface area contributed by atoms with E-state index in [-0.39, 0.29) is 6.61 Å². The first-order valence-electron chi connectivity index (χ1n) is 5.48. The van der Waals surface area contributed by atoms with E-state index in [9.17, 15) is 8.42 Å². The Bertz CT molecular complexity index is 348. The summed E-state index contributed by atoms with van der Waals surface area (Å²) in [7, 11) is -3.77. The van der Waals surface area contributed by atoms with Crippen molar-refractivity contribution in [3.05, 3.63) is 0 Å². The van der Waals surface area contributed by atoms with Crippen molar-refractivity contribution in [2.24, 2.45) is 28.3 Å². The Kier molecular flexibility index (Phi) is 2.60. The number of fused-ring (bicyclic) bond motifs is 2. The number of rotatable bonds is 3. The second-order valence-corrected chi connectivity index (χ2v) is 6.70. The highest BCUT2D eigenvalue weighted by molar-refractivity contribution is 7.84. The minimum absolute atomic E-state index is 0.264. The van der Waals surface area contributed by atoms with Gasteiger partial charge in [0, 0.05) is 0 Å². The van der Waals surface area contributed by atoms with E-state index in [1.54, 1.807) is 0 Å². The summed E-state index contributed by atoms with van der Waals surface area (Å²) in [5, 5.41) is 4.83. The predicted octanol–water partition coefficient (Wildman–Crippen LogP) is 1.28. The largest absolute Gasteiger partial charge is 0.333 e. The van der Waals surface area contributed by atoms with E-state index in [2.05, 4.69) is 13.8 Å². The van der Waals surface area contributed by atoms with Crippen LogP contribution < -0.4 is 5.14 Å². The van der Waals surface area contributed by atoms with E-state index < -0.39 is 10.3 Å². The Balaban J connectivity index is 1.94. The third-order valence-electron chi connectivity index (χ3n) is 4.45. The maximum absolute atomic E-state index is 10.7. The van der Waals surface area contributed by atoms with Gasteiger partial charge in [-0.2, -0.15) is 8.42 Å². The molecule has 0 spiro atoms. The smallest absolute Gasteiger partial charge is 0.258 e. The molecular formula is C10H19NO3S. The standard InChI is InChI=1S/C10H19NO3S/c1-10(2)8-4-3-7(9(10)5-8)6-14-15(11,12)13/h7-9H,3-6H2,1-2H3,(H2,11,12,13)/t7-,8+,9+/m0/s1. The van der Waals surface area contributed by atoms with Crippen LogP contribution >= 0.6 is 0 Å². The fourth-order valence-corrected chi connectivity index (χ4v) is 3.71. The average molecular weight is 233 g/mol. The predicted molar refractivity (Wildman–Crippen MR) is 57.2 cm³/mol. The van der Waals surface area contributed by atoms with Crippen LogP contribution in [0.25, 0.3) is 0 Å². The average Bonchev–Trinajstić information content (AvgIpc) is 2.13. The van der Waals surface area contributed by atoms with Crippen molar-refractivity contribution < 1.29 is 12.6 Å². The molecule has 2 N–H and O–H groups in total. The molecule has 0 radical (unpaired) electrons. The molecule has 3 atom stereocenters. The van der Waals surface area contributed by atoms with Gasteiger partial charge in [0.2, 0.25) is 0 Å². The van der Waals surface area contributed by atoms with E-state index in [1.807, 2.05) is 0 Å². The lowest BCUT2D eigenvalue weighted by atomic mass is 9.46. The first-order chi connectivity index (χ1) is 6.81. The molecule has 0 unspecified atom stereocenters. The molecule has 0 heterocycles. The Morgan fingerprint density at radius 1 is 1.40 bits per heavy atom. The molecule has 0 saturated heterocycles. The van der Waals surface area contributed by atoms with E-state index >= 15 is 0 Å². The van der Waals surface area contributed by atoms with Crippen molar-refractivity contribution in [2.45, 2.75) is 33.1 Å². The molecule has 3 rings (SSSR count). The molecule has 88 valence electrons. The van der Waals surface area contributed by atoms with Gasteiger partial charge in [-0.05, 0) is 42.4 Å². The molecule has 3 saturated carbocycles. The zero-order chi connectivity index (χ0) is 11.3. The fraction of sp³-hybridized carbons (Fsp3) is 1.00. The maximum Gasteiger partial charge on any atom is 0.333 e. The van der Waals surface area contributed by atoms with Crippen molar-refractivity contribution in [2.75, 3.05) is 6.61 Å². The molecule has 3 fully saturated rings. The Morgan fingerprint density at radius 2 is 2.07 bits per heavy atom. The van der Waals surface area contributed by atoms with Gasteiger partial charge < -0.3 is 0 Å². The summed E-state index contributed by atoms with van der Waals surface area (Å²) >= 11 is 0. The SMILES string of the molecule is CC1(C)[C@@H]2CC[C@@H](COS(N)(=O)=O)[C@H]1C2. The molecule has 4 nitrogen and oxygen atoms in total. The monoisotopic (exact) mass is 233 g/mol. The highest BCUT2D eigenvalue weighted by atomic mass is 32.2. The van der Waals surface area contributed by atoms with Gasteiger partial charge in [0.05, 0.1) is 6.61 Å². The summed E-state index contributed by atoms with van der Waals surface area (Å²) in [5.41, 5.74) is 0.366. The van der Waals surface area contributed by atoms with Gasteiger partial charge in [0.25, 0.3) is 0 Å². The molecule has 0 aliphatic heterocycles. The van der Waals surface area contributed by atoms with Gasteiger partial charge >= 0.3 is 10.3 Å². The third-order valence-corrected chi connectivity index (χ3v) is 4.91. The number of hydrogen-bond acceptors (Lipinski definition) is 3. The number of hydrogen-bond donors (Lipinski definition) is 1. The lowest BCUT2D eigenvalue weighted by molar-refractivity contribution is -0.113. The van der Waals surface area contributed by atoms with Crippen LogP contribution in [0.15, 0.2) is 0 Å². The van der Waals surface area contributed by atoms with Crippen LogP contribution in [0.4, 0.5) is 0 Å². The molecule has 3 aliphatic carbocycles. The zero-order valence-electron chi connectivity index (χ0n) is 9.27. The van der Waals surface area contributed by atoms with Gasteiger partial charge in [-0.3, -0.25) is 4.18 Å². The van der Waals surface area contributed by atoms with E-state index in [0.717, 1.165) is 12.3 Å².